The maximum Gasteiger partial charge on any atom is 0.257 e. The molecule has 1 aromatic carbocycles. The van der Waals surface area contributed by atoms with Crippen molar-refractivity contribution >= 4 is 23.2 Å². The Hall–Kier alpha value is -1.06. The Balaban J connectivity index is 2.29. The number of nitrogens with zero attached hydrogens (tertiary/aromatic N) is 2. The average Bonchev–Trinajstić information content (AvgIpc) is 2.67. The lowest BCUT2D eigenvalue weighted by Gasteiger charge is -1.93. The fraction of sp³-hybridized carbons (Fsp3) is 0.200. The van der Waals surface area contributed by atoms with Gasteiger partial charge in [-0.05, 0) is 18.2 Å². The van der Waals surface area contributed by atoms with Crippen LogP contribution in [0.15, 0.2) is 28.8 Å². The second-order valence-corrected chi connectivity index (χ2v) is 3.78. The molecular formula is C10H8Cl2N2O. The molecule has 2 rings (SSSR count). The highest BCUT2D eigenvalue weighted by Crippen LogP contribution is 2.20. The van der Waals surface area contributed by atoms with Crippen LogP contribution in [-0.2, 0) is 6.42 Å². The molecule has 0 radical (unpaired) electrons. The summed E-state index contributed by atoms with van der Waals surface area (Å²) in [5.41, 5.74) is 0.816. The smallest absolute Gasteiger partial charge is 0.257 e. The zero-order valence-corrected chi connectivity index (χ0v) is 9.29. The Morgan fingerprint density at radius 3 is 2.93 bits per heavy atom. The van der Waals surface area contributed by atoms with Crippen LogP contribution >= 0.6 is 23.2 Å². The third-order valence-corrected chi connectivity index (χ3v) is 2.28. The molecule has 3 nitrogen and oxygen atoms in total. The SMILES string of the molecule is ClCCc1noc(-c2cccc(Cl)c2)n1. The van der Waals surface area contributed by atoms with E-state index in [9.17, 15) is 0 Å². The van der Waals surface area contributed by atoms with Gasteiger partial charge in [-0.2, -0.15) is 4.98 Å². The lowest BCUT2D eigenvalue weighted by molar-refractivity contribution is 0.423. The molecule has 0 aliphatic heterocycles. The molecule has 0 saturated carbocycles. The number of aryl methyl sites for hydroxylation is 1. The third-order valence-electron chi connectivity index (χ3n) is 1.86. The van der Waals surface area contributed by atoms with Crippen molar-refractivity contribution in [3.8, 4) is 11.5 Å². The molecular weight excluding hydrogens is 235 g/mol. The average molecular weight is 243 g/mol. The molecule has 0 spiro atoms. The van der Waals surface area contributed by atoms with Crippen molar-refractivity contribution in [2.75, 3.05) is 5.88 Å². The van der Waals surface area contributed by atoms with E-state index >= 15 is 0 Å². The summed E-state index contributed by atoms with van der Waals surface area (Å²) in [6, 6.07) is 7.27. The van der Waals surface area contributed by atoms with Gasteiger partial charge in [-0.15, -0.1) is 11.6 Å². The van der Waals surface area contributed by atoms with E-state index in [4.69, 9.17) is 27.7 Å². The van der Waals surface area contributed by atoms with Gasteiger partial charge >= 0.3 is 0 Å². The standard InChI is InChI=1S/C10H8Cl2N2O/c11-5-4-9-13-10(15-14-9)7-2-1-3-8(12)6-7/h1-3,6H,4-5H2. The second kappa shape index (κ2) is 4.64. The summed E-state index contributed by atoms with van der Waals surface area (Å²) in [7, 11) is 0. The van der Waals surface area contributed by atoms with Crippen molar-refractivity contribution in [1.82, 2.24) is 10.1 Å². The number of rotatable bonds is 3. The summed E-state index contributed by atoms with van der Waals surface area (Å²) >= 11 is 11.4. The maximum absolute atomic E-state index is 5.85. The van der Waals surface area contributed by atoms with Crippen molar-refractivity contribution in [3.05, 3.63) is 35.1 Å². The van der Waals surface area contributed by atoms with Crippen LogP contribution in [0.5, 0.6) is 0 Å². The fourth-order valence-electron chi connectivity index (χ4n) is 1.18. The van der Waals surface area contributed by atoms with Gasteiger partial charge in [0.1, 0.15) is 0 Å². The van der Waals surface area contributed by atoms with Gasteiger partial charge in [0, 0.05) is 22.9 Å². The van der Waals surface area contributed by atoms with Crippen molar-refractivity contribution in [2.45, 2.75) is 6.42 Å². The summed E-state index contributed by atoms with van der Waals surface area (Å²) in [5, 5.41) is 4.44. The summed E-state index contributed by atoms with van der Waals surface area (Å²) in [4.78, 5) is 4.19. The van der Waals surface area contributed by atoms with Crippen LogP contribution in [-0.4, -0.2) is 16.0 Å². The highest BCUT2D eigenvalue weighted by Gasteiger charge is 2.08. The highest BCUT2D eigenvalue weighted by atomic mass is 35.5. The molecule has 0 N–H and O–H groups in total. The Morgan fingerprint density at radius 2 is 2.20 bits per heavy atom. The van der Waals surface area contributed by atoms with Crippen LogP contribution in [0.4, 0.5) is 0 Å². The van der Waals surface area contributed by atoms with Gasteiger partial charge in [0.25, 0.3) is 5.89 Å². The monoisotopic (exact) mass is 242 g/mol. The minimum absolute atomic E-state index is 0.470. The number of hydrogen-bond donors (Lipinski definition) is 0. The van der Waals surface area contributed by atoms with Crippen molar-refractivity contribution in [2.24, 2.45) is 0 Å². The second-order valence-electron chi connectivity index (χ2n) is 2.97. The molecule has 0 bridgehead atoms. The van der Waals surface area contributed by atoms with Crippen molar-refractivity contribution in [3.63, 3.8) is 0 Å². The summed E-state index contributed by atoms with van der Waals surface area (Å²) in [6.45, 7) is 0. The van der Waals surface area contributed by atoms with Crippen LogP contribution in [0.1, 0.15) is 5.82 Å². The van der Waals surface area contributed by atoms with Gasteiger partial charge < -0.3 is 4.52 Å². The van der Waals surface area contributed by atoms with E-state index in [0.717, 1.165) is 5.56 Å². The molecule has 1 heterocycles. The summed E-state index contributed by atoms with van der Waals surface area (Å²) in [5.74, 6) is 1.56. The molecule has 5 heteroatoms. The normalized spacial score (nSPS) is 10.5. The van der Waals surface area contributed by atoms with Gasteiger partial charge in [0.05, 0.1) is 0 Å². The lowest BCUT2D eigenvalue weighted by atomic mass is 10.2. The maximum atomic E-state index is 5.85. The van der Waals surface area contributed by atoms with Crippen molar-refractivity contribution in [1.29, 1.82) is 0 Å². The molecule has 0 unspecified atom stereocenters. The molecule has 15 heavy (non-hydrogen) atoms. The molecule has 0 atom stereocenters. The van der Waals surface area contributed by atoms with Gasteiger partial charge in [-0.25, -0.2) is 0 Å². The Kier molecular flexibility index (Phi) is 3.23. The topological polar surface area (TPSA) is 38.9 Å². The van der Waals surface area contributed by atoms with Crippen LogP contribution < -0.4 is 0 Å². The number of hydrogen-bond acceptors (Lipinski definition) is 3. The first kappa shape index (κ1) is 10.5. The predicted octanol–water partition coefficient (Wildman–Crippen LogP) is 3.17. The Bertz CT molecular complexity index is 456. The molecule has 0 fully saturated rings. The minimum atomic E-state index is 0.470. The number of halogens is 2. The molecule has 78 valence electrons. The van der Waals surface area contributed by atoms with E-state index in [-0.39, 0.29) is 0 Å². The molecule has 0 saturated heterocycles. The molecule has 2 aromatic rings. The van der Waals surface area contributed by atoms with Crippen molar-refractivity contribution < 1.29 is 4.52 Å². The largest absolute Gasteiger partial charge is 0.334 e. The van der Waals surface area contributed by atoms with E-state index in [0.29, 0.717) is 29.0 Å². The van der Waals surface area contributed by atoms with E-state index < -0.39 is 0 Å². The van der Waals surface area contributed by atoms with E-state index in [1.165, 1.54) is 0 Å². The zero-order chi connectivity index (χ0) is 10.7. The van der Waals surface area contributed by atoms with Gasteiger partial charge in [0.15, 0.2) is 5.82 Å². The van der Waals surface area contributed by atoms with E-state index in [1.54, 1.807) is 12.1 Å². The van der Waals surface area contributed by atoms with Crippen LogP contribution in [0.3, 0.4) is 0 Å². The summed E-state index contributed by atoms with van der Waals surface area (Å²) < 4.78 is 5.08. The Labute approximate surface area is 97.0 Å². The zero-order valence-electron chi connectivity index (χ0n) is 7.78. The van der Waals surface area contributed by atoms with Crippen LogP contribution in [0.25, 0.3) is 11.5 Å². The molecule has 0 aliphatic rings. The highest BCUT2D eigenvalue weighted by molar-refractivity contribution is 6.30. The Morgan fingerprint density at radius 1 is 1.33 bits per heavy atom. The number of aromatic nitrogens is 2. The quantitative estimate of drug-likeness (QED) is 0.777. The van der Waals surface area contributed by atoms with Gasteiger partial charge in [-0.3, -0.25) is 0 Å². The number of benzene rings is 1. The van der Waals surface area contributed by atoms with E-state index in [2.05, 4.69) is 10.1 Å². The summed E-state index contributed by atoms with van der Waals surface area (Å²) in [6.07, 6.45) is 0.603. The van der Waals surface area contributed by atoms with Crippen LogP contribution in [0.2, 0.25) is 5.02 Å². The molecule has 0 amide bonds. The van der Waals surface area contributed by atoms with Gasteiger partial charge in [-0.1, -0.05) is 22.8 Å². The predicted molar refractivity (Wildman–Crippen MR) is 59.2 cm³/mol. The fourth-order valence-corrected chi connectivity index (χ4v) is 1.54. The number of alkyl halides is 1. The first-order valence-electron chi connectivity index (χ1n) is 4.44. The van der Waals surface area contributed by atoms with Crippen LogP contribution in [0, 0.1) is 0 Å². The first-order valence-corrected chi connectivity index (χ1v) is 5.35. The third kappa shape index (κ3) is 2.49. The first-order chi connectivity index (χ1) is 7.29. The lowest BCUT2D eigenvalue weighted by Crippen LogP contribution is -1.88. The van der Waals surface area contributed by atoms with E-state index in [1.807, 2.05) is 12.1 Å². The molecule has 0 aliphatic carbocycles. The minimum Gasteiger partial charge on any atom is -0.334 e. The van der Waals surface area contributed by atoms with Gasteiger partial charge in [0.2, 0.25) is 0 Å². The molecule has 1 aromatic heterocycles.